The Morgan fingerprint density at radius 1 is 1.24 bits per heavy atom. The van der Waals surface area contributed by atoms with E-state index in [2.05, 4.69) is 0 Å². The zero-order valence-corrected chi connectivity index (χ0v) is 9.88. The van der Waals surface area contributed by atoms with Gasteiger partial charge in [-0.25, -0.2) is 0 Å². The molecule has 0 aliphatic carbocycles. The third-order valence-electron chi connectivity index (χ3n) is 2.48. The lowest BCUT2D eigenvalue weighted by Crippen LogP contribution is -2.13. The van der Waals surface area contributed by atoms with E-state index in [1.165, 1.54) is 12.1 Å². The fraction of sp³-hybridized carbons (Fsp3) is 0.500. The third kappa shape index (κ3) is 3.93. The van der Waals surface area contributed by atoms with Crippen molar-refractivity contribution in [1.29, 1.82) is 0 Å². The van der Waals surface area contributed by atoms with Crippen LogP contribution >= 0.6 is 0 Å². The molecular formula is C12H16F3NO. The maximum absolute atomic E-state index is 12.5. The zero-order chi connectivity index (χ0) is 13.1. The minimum Gasteiger partial charge on any atom is -0.507 e. The van der Waals surface area contributed by atoms with Crippen molar-refractivity contribution in [3.05, 3.63) is 29.3 Å². The largest absolute Gasteiger partial charge is 0.507 e. The van der Waals surface area contributed by atoms with Gasteiger partial charge >= 0.3 is 6.18 Å². The summed E-state index contributed by atoms with van der Waals surface area (Å²) < 4.78 is 37.5. The Hall–Kier alpha value is -1.23. The molecule has 2 nitrogen and oxygen atoms in total. The van der Waals surface area contributed by atoms with E-state index in [1.54, 1.807) is 0 Å². The standard InChI is InChI=1S/C12H16F3NO/c1-16(2)8-4-6-9-5-3-7-10(11(9)17)12(13,14)15/h3,5,7,17H,4,6,8H2,1-2H3. The number of hydrogen-bond acceptors (Lipinski definition) is 2. The lowest BCUT2D eigenvalue weighted by molar-refractivity contribution is -0.138. The number of phenolic OH excluding ortho intramolecular Hbond substituents is 1. The number of hydrogen-bond donors (Lipinski definition) is 1. The first-order valence-corrected chi connectivity index (χ1v) is 5.35. The molecule has 5 heteroatoms. The van der Waals surface area contributed by atoms with Crippen LogP contribution in [0.2, 0.25) is 0 Å². The van der Waals surface area contributed by atoms with Gasteiger partial charge in [0.1, 0.15) is 5.75 Å². The van der Waals surface area contributed by atoms with E-state index in [1.807, 2.05) is 19.0 Å². The summed E-state index contributed by atoms with van der Waals surface area (Å²) in [5.74, 6) is -0.640. The van der Waals surface area contributed by atoms with E-state index >= 15 is 0 Å². The molecule has 0 fully saturated rings. The number of benzene rings is 1. The topological polar surface area (TPSA) is 23.5 Å². The number of halogens is 3. The van der Waals surface area contributed by atoms with Gasteiger partial charge in [0.05, 0.1) is 5.56 Å². The predicted octanol–water partition coefficient (Wildman–Crippen LogP) is 2.91. The normalized spacial score (nSPS) is 12.1. The molecule has 0 amide bonds. The van der Waals surface area contributed by atoms with Gasteiger partial charge in [-0.3, -0.25) is 0 Å². The quantitative estimate of drug-likeness (QED) is 0.884. The molecule has 1 N–H and O–H groups in total. The molecule has 0 aromatic heterocycles. The van der Waals surface area contributed by atoms with Crippen LogP contribution in [0.3, 0.4) is 0 Å². The second-order valence-corrected chi connectivity index (χ2v) is 4.22. The van der Waals surface area contributed by atoms with Gasteiger partial charge in [0, 0.05) is 0 Å². The van der Waals surface area contributed by atoms with Gasteiger partial charge in [0.25, 0.3) is 0 Å². The summed E-state index contributed by atoms with van der Waals surface area (Å²) in [6, 6.07) is 3.75. The van der Waals surface area contributed by atoms with Crippen molar-refractivity contribution in [1.82, 2.24) is 4.90 Å². The number of alkyl halides is 3. The molecule has 1 aromatic carbocycles. The lowest BCUT2D eigenvalue weighted by Gasteiger charge is -2.13. The Morgan fingerprint density at radius 3 is 2.41 bits per heavy atom. The van der Waals surface area contributed by atoms with Crippen molar-refractivity contribution in [2.45, 2.75) is 19.0 Å². The number of aromatic hydroxyl groups is 1. The number of para-hydroxylation sites is 1. The number of rotatable bonds is 4. The van der Waals surface area contributed by atoms with Gasteiger partial charge in [0.15, 0.2) is 0 Å². The third-order valence-corrected chi connectivity index (χ3v) is 2.48. The molecule has 96 valence electrons. The highest BCUT2D eigenvalue weighted by Gasteiger charge is 2.34. The summed E-state index contributed by atoms with van der Waals surface area (Å²) in [6.07, 6.45) is -3.35. The van der Waals surface area contributed by atoms with E-state index in [9.17, 15) is 18.3 Å². The first-order valence-electron chi connectivity index (χ1n) is 5.35. The van der Waals surface area contributed by atoms with E-state index in [0.717, 1.165) is 12.6 Å². The SMILES string of the molecule is CN(C)CCCc1cccc(C(F)(F)F)c1O. The van der Waals surface area contributed by atoms with E-state index in [-0.39, 0.29) is 0 Å². The fourth-order valence-corrected chi connectivity index (χ4v) is 1.61. The second-order valence-electron chi connectivity index (χ2n) is 4.22. The summed E-state index contributed by atoms with van der Waals surface area (Å²) in [5, 5.41) is 9.56. The van der Waals surface area contributed by atoms with Crippen LogP contribution in [-0.2, 0) is 12.6 Å². The van der Waals surface area contributed by atoms with Crippen molar-refractivity contribution >= 4 is 0 Å². The average Bonchev–Trinajstić information content (AvgIpc) is 2.18. The number of nitrogens with zero attached hydrogens (tertiary/aromatic N) is 1. The van der Waals surface area contributed by atoms with E-state index in [0.29, 0.717) is 18.4 Å². The predicted molar refractivity (Wildman–Crippen MR) is 60.0 cm³/mol. The average molecular weight is 247 g/mol. The van der Waals surface area contributed by atoms with Crippen LogP contribution in [0.4, 0.5) is 13.2 Å². The molecule has 0 unspecified atom stereocenters. The molecule has 0 saturated carbocycles. The summed E-state index contributed by atoms with van der Waals surface area (Å²) in [4.78, 5) is 1.95. The summed E-state index contributed by atoms with van der Waals surface area (Å²) >= 11 is 0. The van der Waals surface area contributed by atoms with Crippen molar-refractivity contribution in [2.24, 2.45) is 0 Å². The molecule has 0 radical (unpaired) electrons. The van der Waals surface area contributed by atoms with E-state index < -0.39 is 17.5 Å². The van der Waals surface area contributed by atoms with Crippen molar-refractivity contribution in [3.63, 3.8) is 0 Å². The van der Waals surface area contributed by atoms with E-state index in [4.69, 9.17) is 0 Å². The summed E-state index contributed by atoms with van der Waals surface area (Å²) in [5.41, 5.74) is -0.610. The van der Waals surface area contributed by atoms with Crippen LogP contribution in [0.1, 0.15) is 17.5 Å². The summed E-state index contributed by atoms with van der Waals surface area (Å²) in [6.45, 7) is 0.773. The number of phenols is 1. The Balaban J connectivity index is 2.81. The van der Waals surface area contributed by atoms with Gasteiger partial charge in [-0.2, -0.15) is 13.2 Å². The number of aryl methyl sites for hydroxylation is 1. The van der Waals surface area contributed by atoms with Crippen LogP contribution in [0, 0.1) is 0 Å². The lowest BCUT2D eigenvalue weighted by atomic mass is 10.0. The van der Waals surface area contributed by atoms with Crippen molar-refractivity contribution < 1.29 is 18.3 Å². The highest BCUT2D eigenvalue weighted by molar-refractivity contribution is 5.42. The maximum Gasteiger partial charge on any atom is 0.419 e. The maximum atomic E-state index is 12.5. The molecule has 0 atom stereocenters. The van der Waals surface area contributed by atoms with Gasteiger partial charge in [-0.15, -0.1) is 0 Å². The van der Waals surface area contributed by atoms with Crippen LogP contribution in [-0.4, -0.2) is 30.6 Å². The summed E-state index contributed by atoms with van der Waals surface area (Å²) in [7, 11) is 3.79. The molecule has 0 aliphatic heterocycles. The molecule has 17 heavy (non-hydrogen) atoms. The Kier molecular flexibility index (Phi) is 4.40. The molecule has 0 bridgehead atoms. The Morgan fingerprint density at radius 2 is 1.88 bits per heavy atom. The molecule has 0 saturated heterocycles. The van der Waals surface area contributed by atoms with Crippen LogP contribution in [0.5, 0.6) is 5.75 Å². The Labute approximate surface area is 98.7 Å². The van der Waals surface area contributed by atoms with Gasteiger partial charge in [-0.1, -0.05) is 12.1 Å². The molecule has 0 spiro atoms. The van der Waals surface area contributed by atoms with Crippen molar-refractivity contribution in [3.8, 4) is 5.75 Å². The van der Waals surface area contributed by atoms with Crippen LogP contribution in [0.15, 0.2) is 18.2 Å². The minimum atomic E-state index is -4.50. The highest BCUT2D eigenvalue weighted by Crippen LogP contribution is 2.37. The fourth-order valence-electron chi connectivity index (χ4n) is 1.61. The molecule has 0 heterocycles. The highest BCUT2D eigenvalue weighted by atomic mass is 19.4. The van der Waals surface area contributed by atoms with Gasteiger partial charge < -0.3 is 10.0 Å². The van der Waals surface area contributed by atoms with Gasteiger partial charge in [0.2, 0.25) is 0 Å². The first kappa shape index (κ1) is 13.8. The molecular weight excluding hydrogens is 231 g/mol. The van der Waals surface area contributed by atoms with Crippen LogP contribution in [0.25, 0.3) is 0 Å². The second kappa shape index (κ2) is 5.40. The smallest absolute Gasteiger partial charge is 0.419 e. The van der Waals surface area contributed by atoms with Crippen LogP contribution < -0.4 is 0 Å². The first-order chi connectivity index (χ1) is 7.82. The monoisotopic (exact) mass is 247 g/mol. The molecule has 0 aliphatic rings. The minimum absolute atomic E-state index is 0.349. The van der Waals surface area contributed by atoms with Gasteiger partial charge in [-0.05, 0) is 45.1 Å². The molecule has 1 aromatic rings. The van der Waals surface area contributed by atoms with Crippen molar-refractivity contribution in [2.75, 3.05) is 20.6 Å². The zero-order valence-electron chi connectivity index (χ0n) is 9.88. The molecule has 1 rings (SSSR count). The Bertz CT molecular complexity index is 375.